The summed E-state index contributed by atoms with van der Waals surface area (Å²) in [6, 6.07) is 7.70. The zero-order valence-electron chi connectivity index (χ0n) is 24.0. The predicted molar refractivity (Wildman–Crippen MR) is 162 cm³/mol. The monoisotopic (exact) mass is 596 g/mol. The van der Waals surface area contributed by atoms with E-state index in [1.807, 2.05) is 63.7 Å². The third-order valence-electron chi connectivity index (χ3n) is 7.91. The molecule has 10 heteroatoms. The summed E-state index contributed by atoms with van der Waals surface area (Å²) in [5.74, 6) is -0.551. The van der Waals surface area contributed by atoms with Crippen LogP contribution in [0.15, 0.2) is 24.3 Å². The number of carbonyl (C=O) groups is 2. The van der Waals surface area contributed by atoms with E-state index in [2.05, 4.69) is 9.67 Å². The first-order chi connectivity index (χ1) is 19.5. The van der Waals surface area contributed by atoms with Gasteiger partial charge in [-0.15, -0.1) is 0 Å². The Balaban J connectivity index is 1.60. The molecule has 1 amide bonds. The van der Waals surface area contributed by atoms with Gasteiger partial charge in [0.25, 0.3) is 5.91 Å². The normalized spacial score (nSPS) is 13.5. The summed E-state index contributed by atoms with van der Waals surface area (Å²) in [5, 5.41) is 16.4. The second-order valence-electron chi connectivity index (χ2n) is 10.8. The molecule has 1 N–H and O–H groups in total. The van der Waals surface area contributed by atoms with E-state index in [-0.39, 0.29) is 12.5 Å². The van der Waals surface area contributed by atoms with Gasteiger partial charge in [0.2, 0.25) is 0 Å². The molecular formula is C31H34Cl2N4O4. The van der Waals surface area contributed by atoms with Crippen LogP contribution >= 0.6 is 23.2 Å². The van der Waals surface area contributed by atoms with Crippen molar-refractivity contribution in [3.8, 4) is 16.9 Å². The Hall–Kier alpha value is -3.49. The maximum absolute atomic E-state index is 13.9. The molecule has 1 aliphatic heterocycles. The molecule has 0 atom stereocenters. The number of hydrogen-bond acceptors (Lipinski definition) is 4. The molecule has 3 heterocycles. The number of aliphatic carboxylic acids is 1. The summed E-state index contributed by atoms with van der Waals surface area (Å²) in [5.41, 5.74) is 7.84. The lowest BCUT2D eigenvalue weighted by molar-refractivity contribution is -0.137. The van der Waals surface area contributed by atoms with Crippen LogP contribution in [0.2, 0.25) is 10.0 Å². The summed E-state index contributed by atoms with van der Waals surface area (Å²) in [7, 11) is 1.90. The Labute approximate surface area is 249 Å². The number of halogens is 2. The highest BCUT2D eigenvalue weighted by Crippen LogP contribution is 2.42. The number of ether oxygens (including phenoxy) is 1. The van der Waals surface area contributed by atoms with Crippen LogP contribution in [0.4, 0.5) is 0 Å². The number of rotatable bonds is 8. The number of carbonyl (C=O) groups excluding carboxylic acids is 1. The minimum absolute atomic E-state index is 0.275. The van der Waals surface area contributed by atoms with Gasteiger partial charge in [-0.2, -0.15) is 5.10 Å². The predicted octanol–water partition coefficient (Wildman–Crippen LogP) is 6.52. The van der Waals surface area contributed by atoms with Gasteiger partial charge in [0.1, 0.15) is 18.0 Å². The number of amides is 1. The molecule has 0 fully saturated rings. The molecule has 0 bridgehead atoms. The fourth-order valence-electron chi connectivity index (χ4n) is 6.00. The number of hydrogen-bond donors (Lipinski definition) is 1. The van der Waals surface area contributed by atoms with Gasteiger partial charge in [-0.25, -0.2) is 0 Å². The summed E-state index contributed by atoms with van der Waals surface area (Å²) in [6.45, 7) is 8.91. The molecule has 0 radical (unpaired) electrons. The second-order valence-corrected chi connectivity index (χ2v) is 11.5. The first-order valence-corrected chi connectivity index (χ1v) is 14.5. The van der Waals surface area contributed by atoms with E-state index in [0.717, 1.165) is 60.9 Å². The van der Waals surface area contributed by atoms with Gasteiger partial charge in [-0.1, -0.05) is 29.3 Å². The standard InChI is InChI=1S/C31H34Cl2N4O4/c1-17-14-21(15-18(2)28(17)33)41-13-6-8-22-23-9-10-24(32)27(26-19(3)34-35(5)20(26)4)29(23)37-12-7-11-36(16-25(38)39)31(40)30(22)37/h9-10,14-15H,6-8,11-13,16H2,1-5H3,(H,38,39). The van der Waals surface area contributed by atoms with E-state index in [0.29, 0.717) is 49.7 Å². The molecular weight excluding hydrogens is 563 g/mol. The molecule has 216 valence electrons. The van der Waals surface area contributed by atoms with Crippen LogP contribution in [0.3, 0.4) is 0 Å². The lowest BCUT2D eigenvalue weighted by Gasteiger charge is -2.18. The van der Waals surface area contributed by atoms with Crippen molar-refractivity contribution in [3.05, 3.63) is 68.1 Å². The SMILES string of the molecule is Cc1cc(OCCCc2c3n(c4c(-c5c(C)nn(C)c5C)c(Cl)ccc24)CCCN(CC(=O)O)C3=O)cc(C)c1Cl. The minimum Gasteiger partial charge on any atom is -0.494 e. The maximum atomic E-state index is 13.9. The molecule has 2 aromatic carbocycles. The Morgan fingerprint density at radius 2 is 1.78 bits per heavy atom. The zero-order valence-corrected chi connectivity index (χ0v) is 25.5. The number of aryl methyl sites for hydroxylation is 6. The zero-order chi connectivity index (χ0) is 29.6. The highest BCUT2D eigenvalue weighted by molar-refractivity contribution is 6.35. The van der Waals surface area contributed by atoms with Gasteiger partial charge in [-0.3, -0.25) is 14.3 Å². The number of fused-ring (bicyclic) bond motifs is 3. The Morgan fingerprint density at radius 1 is 1.07 bits per heavy atom. The quantitative estimate of drug-likeness (QED) is 0.234. The van der Waals surface area contributed by atoms with Gasteiger partial charge in [0.15, 0.2) is 0 Å². The largest absolute Gasteiger partial charge is 0.494 e. The summed E-state index contributed by atoms with van der Waals surface area (Å²) < 4.78 is 9.97. The number of carboxylic acids is 1. The molecule has 8 nitrogen and oxygen atoms in total. The van der Waals surface area contributed by atoms with E-state index in [1.54, 1.807) is 0 Å². The average Bonchev–Trinajstić information content (AvgIpc) is 3.29. The molecule has 2 aromatic heterocycles. The van der Waals surface area contributed by atoms with Gasteiger partial charge in [0, 0.05) is 47.4 Å². The molecule has 0 spiro atoms. The maximum Gasteiger partial charge on any atom is 0.323 e. The van der Waals surface area contributed by atoms with Gasteiger partial charge in [0.05, 0.1) is 22.8 Å². The number of nitrogens with zero attached hydrogens (tertiary/aromatic N) is 4. The number of carboxylic acid groups (broad SMARTS) is 1. The topological polar surface area (TPSA) is 89.6 Å². The van der Waals surface area contributed by atoms with Crippen molar-refractivity contribution < 1.29 is 19.4 Å². The van der Waals surface area contributed by atoms with Gasteiger partial charge >= 0.3 is 5.97 Å². The summed E-state index contributed by atoms with van der Waals surface area (Å²) in [4.78, 5) is 27.0. The molecule has 5 rings (SSSR count). The van der Waals surface area contributed by atoms with Crippen LogP contribution in [0, 0.1) is 27.7 Å². The third kappa shape index (κ3) is 5.31. The van der Waals surface area contributed by atoms with E-state index in [1.165, 1.54) is 4.90 Å². The fourth-order valence-corrected chi connectivity index (χ4v) is 6.36. The van der Waals surface area contributed by atoms with Crippen molar-refractivity contribution in [2.45, 2.75) is 53.5 Å². The lowest BCUT2D eigenvalue weighted by atomic mass is 9.98. The van der Waals surface area contributed by atoms with Crippen molar-refractivity contribution in [1.82, 2.24) is 19.2 Å². The van der Waals surface area contributed by atoms with Crippen LogP contribution in [-0.4, -0.2) is 55.9 Å². The Bertz CT molecular complexity index is 1660. The van der Waals surface area contributed by atoms with Crippen molar-refractivity contribution >= 4 is 46.0 Å². The molecule has 4 aromatic rings. The van der Waals surface area contributed by atoms with Crippen LogP contribution in [0.25, 0.3) is 22.0 Å². The van der Waals surface area contributed by atoms with Crippen LogP contribution in [0.5, 0.6) is 5.75 Å². The Kier molecular flexibility index (Phi) is 8.08. The van der Waals surface area contributed by atoms with Gasteiger partial charge in [-0.05, 0) is 81.8 Å². The van der Waals surface area contributed by atoms with Crippen LogP contribution in [-0.2, 0) is 24.8 Å². The van der Waals surface area contributed by atoms with E-state index < -0.39 is 5.97 Å². The number of aromatic nitrogens is 3. The highest BCUT2D eigenvalue weighted by Gasteiger charge is 2.32. The second kappa shape index (κ2) is 11.4. The van der Waals surface area contributed by atoms with Crippen molar-refractivity contribution in [1.29, 1.82) is 0 Å². The fraction of sp³-hybridized carbons (Fsp3) is 0.387. The molecule has 0 saturated carbocycles. The highest BCUT2D eigenvalue weighted by atomic mass is 35.5. The van der Waals surface area contributed by atoms with E-state index >= 15 is 0 Å². The van der Waals surface area contributed by atoms with E-state index in [9.17, 15) is 14.7 Å². The molecule has 0 unspecified atom stereocenters. The van der Waals surface area contributed by atoms with Crippen LogP contribution < -0.4 is 4.74 Å². The molecule has 0 saturated heterocycles. The van der Waals surface area contributed by atoms with Crippen LogP contribution in [0.1, 0.15) is 51.4 Å². The number of benzene rings is 2. The van der Waals surface area contributed by atoms with Crippen molar-refractivity contribution in [2.75, 3.05) is 19.7 Å². The Morgan fingerprint density at radius 3 is 2.41 bits per heavy atom. The summed E-state index contributed by atoms with van der Waals surface area (Å²) in [6.07, 6.45) is 1.86. The first kappa shape index (κ1) is 29.0. The minimum atomic E-state index is -1.03. The molecule has 0 aliphatic carbocycles. The summed E-state index contributed by atoms with van der Waals surface area (Å²) >= 11 is 13.2. The average molecular weight is 598 g/mol. The molecule has 41 heavy (non-hydrogen) atoms. The third-order valence-corrected chi connectivity index (χ3v) is 8.82. The van der Waals surface area contributed by atoms with Gasteiger partial charge < -0.3 is 19.3 Å². The van der Waals surface area contributed by atoms with Crippen molar-refractivity contribution in [2.24, 2.45) is 7.05 Å². The smallest absolute Gasteiger partial charge is 0.323 e. The van der Waals surface area contributed by atoms with Crippen molar-refractivity contribution in [3.63, 3.8) is 0 Å². The first-order valence-electron chi connectivity index (χ1n) is 13.7. The molecule has 1 aliphatic rings. The van der Waals surface area contributed by atoms with E-state index in [4.69, 9.17) is 27.9 Å². The lowest BCUT2D eigenvalue weighted by Crippen LogP contribution is -2.36.